The van der Waals surface area contributed by atoms with Crippen molar-refractivity contribution in [2.45, 2.75) is 51.2 Å². The lowest BCUT2D eigenvalue weighted by Gasteiger charge is -2.28. The van der Waals surface area contributed by atoms with E-state index in [9.17, 15) is 19.5 Å². The van der Waals surface area contributed by atoms with Gasteiger partial charge < -0.3 is 19.9 Å². The molecule has 0 spiro atoms. The average Bonchev–Trinajstić information content (AvgIpc) is 2.63. The van der Waals surface area contributed by atoms with E-state index in [1.54, 1.807) is 12.1 Å². The molecule has 0 aliphatic carbocycles. The predicted molar refractivity (Wildman–Crippen MR) is 114 cm³/mol. The van der Waals surface area contributed by atoms with Crippen LogP contribution in [0.1, 0.15) is 45.2 Å². The molecule has 1 aromatic rings. The van der Waals surface area contributed by atoms with E-state index in [-0.39, 0.29) is 24.5 Å². The third-order valence-electron chi connectivity index (χ3n) is 3.85. The maximum Gasteiger partial charge on any atom is 0.322 e. The van der Waals surface area contributed by atoms with E-state index in [2.05, 4.69) is 47.2 Å². The molecule has 2 atom stereocenters. The molecule has 0 saturated heterocycles. The summed E-state index contributed by atoms with van der Waals surface area (Å²) in [6, 6.07) is 1.27. The number of esters is 2. The van der Waals surface area contributed by atoms with Crippen LogP contribution in [-0.4, -0.2) is 48.8 Å². The molecular formula is C19H26Br2N2O6. The first kappa shape index (κ1) is 25.4. The van der Waals surface area contributed by atoms with Crippen molar-refractivity contribution in [3.63, 3.8) is 0 Å². The molecule has 0 heterocycles. The van der Waals surface area contributed by atoms with Gasteiger partial charge in [-0.15, -0.1) is 0 Å². The van der Waals surface area contributed by atoms with Gasteiger partial charge in [-0.1, -0.05) is 0 Å². The van der Waals surface area contributed by atoms with Crippen molar-refractivity contribution in [2.75, 3.05) is 14.2 Å². The number of hydrogen-bond acceptors (Lipinski definition) is 7. The number of aromatic hydroxyl groups is 1. The number of rotatable bonds is 8. The zero-order chi connectivity index (χ0) is 22.4. The highest BCUT2D eigenvalue weighted by Gasteiger charge is 2.31. The second-order valence-electron chi connectivity index (χ2n) is 7.36. The minimum absolute atomic E-state index is 0.0149. The van der Waals surface area contributed by atoms with Crippen molar-refractivity contribution in [1.82, 2.24) is 10.6 Å². The van der Waals surface area contributed by atoms with Gasteiger partial charge in [0, 0.05) is 12.0 Å². The Morgan fingerprint density at radius 1 is 1.10 bits per heavy atom. The standard InChI is InChI=1S/C19H26Br2N2O6/c1-19(2,3)23-17(26)15(10-8-11(20)16(25)12(21)9-10)22-13(18(27)29-5)6-7-14(24)28-4/h8-9,13,15,22,25H,6-7H2,1-5H3,(H,23,26)/t13-,15-/m0/s1. The number of nitrogens with one attached hydrogen (secondary N) is 2. The fraction of sp³-hybridized carbons (Fsp3) is 0.526. The molecule has 0 saturated carbocycles. The molecule has 8 nitrogen and oxygen atoms in total. The Morgan fingerprint density at radius 2 is 1.66 bits per heavy atom. The lowest BCUT2D eigenvalue weighted by molar-refractivity contribution is -0.144. The van der Waals surface area contributed by atoms with Gasteiger partial charge in [0.15, 0.2) is 0 Å². The van der Waals surface area contributed by atoms with Crippen LogP contribution in [0.3, 0.4) is 0 Å². The van der Waals surface area contributed by atoms with Crippen LogP contribution in [0.4, 0.5) is 0 Å². The summed E-state index contributed by atoms with van der Waals surface area (Å²) >= 11 is 6.50. The van der Waals surface area contributed by atoms with Gasteiger partial charge in [0.2, 0.25) is 5.91 Å². The zero-order valence-electron chi connectivity index (χ0n) is 17.0. The fourth-order valence-electron chi connectivity index (χ4n) is 2.49. The number of carbonyl (C=O) groups is 3. The third kappa shape index (κ3) is 7.94. The van der Waals surface area contributed by atoms with Crippen LogP contribution in [0, 0.1) is 0 Å². The maximum absolute atomic E-state index is 13.0. The molecule has 1 aromatic carbocycles. The summed E-state index contributed by atoms with van der Waals surface area (Å²) in [7, 11) is 2.49. The van der Waals surface area contributed by atoms with Crippen LogP contribution in [0.15, 0.2) is 21.1 Å². The number of methoxy groups -OCH3 is 2. The molecule has 0 radical (unpaired) electrons. The van der Waals surface area contributed by atoms with E-state index >= 15 is 0 Å². The molecule has 0 unspecified atom stereocenters. The van der Waals surface area contributed by atoms with Crippen LogP contribution < -0.4 is 10.6 Å². The second-order valence-corrected chi connectivity index (χ2v) is 9.07. The van der Waals surface area contributed by atoms with E-state index in [0.717, 1.165) is 0 Å². The van der Waals surface area contributed by atoms with Gasteiger partial charge in [0.1, 0.15) is 17.8 Å². The molecule has 0 bridgehead atoms. The van der Waals surface area contributed by atoms with Crippen LogP contribution in [0.5, 0.6) is 5.75 Å². The Morgan fingerprint density at radius 3 is 2.10 bits per heavy atom. The molecule has 0 aromatic heterocycles. The first-order valence-electron chi connectivity index (χ1n) is 8.80. The highest BCUT2D eigenvalue weighted by atomic mass is 79.9. The predicted octanol–water partition coefficient (Wildman–Crippen LogP) is 2.96. The Labute approximate surface area is 187 Å². The van der Waals surface area contributed by atoms with Crippen molar-refractivity contribution < 1.29 is 29.0 Å². The van der Waals surface area contributed by atoms with Crippen LogP contribution in [0.25, 0.3) is 0 Å². The number of benzene rings is 1. The summed E-state index contributed by atoms with van der Waals surface area (Å²) in [5.74, 6) is -1.49. The number of hydrogen-bond donors (Lipinski definition) is 3. The first-order valence-corrected chi connectivity index (χ1v) is 10.4. The molecule has 1 amide bonds. The minimum Gasteiger partial charge on any atom is -0.506 e. The summed E-state index contributed by atoms with van der Waals surface area (Å²) in [5.41, 5.74) is -0.0231. The molecule has 10 heteroatoms. The Kier molecular flexibility index (Phi) is 9.57. The molecule has 29 heavy (non-hydrogen) atoms. The third-order valence-corrected chi connectivity index (χ3v) is 5.06. The largest absolute Gasteiger partial charge is 0.506 e. The van der Waals surface area contributed by atoms with Crippen molar-refractivity contribution >= 4 is 49.7 Å². The van der Waals surface area contributed by atoms with Gasteiger partial charge >= 0.3 is 11.9 Å². The lowest BCUT2D eigenvalue weighted by Crippen LogP contribution is -2.50. The minimum atomic E-state index is -0.954. The van der Waals surface area contributed by atoms with Gasteiger partial charge in [0.05, 0.1) is 23.2 Å². The molecule has 0 aliphatic heterocycles. The molecule has 0 aliphatic rings. The summed E-state index contributed by atoms with van der Waals surface area (Å²) in [6.07, 6.45) is 0.0545. The molecule has 3 N–H and O–H groups in total. The van der Waals surface area contributed by atoms with Crippen molar-refractivity contribution in [3.8, 4) is 5.75 Å². The van der Waals surface area contributed by atoms with E-state index in [1.165, 1.54) is 14.2 Å². The Bertz CT molecular complexity index is 741. The van der Waals surface area contributed by atoms with Crippen LogP contribution in [-0.2, 0) is 23.9 Å². The quantitative estimate of drug-likeness (QED) is 0.437. The summed E-state index contributed by atoms with van der Waals surface area (Å²) < 4.78 is 10.2. The van der Waals surface area contributed by atoms with Crippen molar-refractivity contribution in [1.29, 1.82) is 0 Å². The first-order chi connectivity index (χ1) is 13.4. The van der Waals surface area contributed by atoms with E-state index in [0.29, 0.717) is 14.5 Å². The van der Waals surface area contributed by atoms with Crippen LogP contribution in [0.2, 0.25) is 0 Å². The van der Waals surface area contributed by atoms with Gasteiger partial charge in [0.25, 0.3) is 0 Å². The average molecular weight is 538 g/mol. The topological polar surface area (TPSA) is 114 Å². The van der Waals surface area contributed by atoms with Gasteiger partial charge in [-0.05, 0) is 76.7 Å². The number of phenolic OH excluding ortho intramolecular Hbond substituents is 1. The SMILES string of the molecule is COC(=O)CC[C@H](N[C@H](C(=O)NC(C)(C)C)c1cc(Br)c(O)c(Br)c1)C(=O)OC. The highest BCUT2D eigenvalue weighted by Crippen LogP contribution is 2.35. The summed E-state index contributed by atoms with van der Waals surface area (Å²) in [6.45, 7) is 5.50. The number of phenols is 1. The number of carbonyl (C=O) groups excluding carboxylic acids is 3. The van der Waals surface area contributed by atoms with E-state index < -0.39 is 29.6 Å². The van der Waals surface area contributed by atoms with Gasteiger partial charge in [-0.25, -0.2) is 0 Å². The molecular weight excluding hydrogens is 512 g/mol. The van der Waals surface area contributed by atoms with Crippen molar-refractivity contribution in [2.24, 2.45) is 0 Å². The maximum atomic E-state index is 13.0. The summed E-state index contributed by atoms with van der Waals surface area (Å²) in [4.78, 5) is 36.8. The normalized spacial score (nSPS) is 13.3. The number of ether oxygens (including phenoxy) is 2. The second kappa shape index (κ2) is 10.9. The molecule has 0 fully saturated rings. The van der Waals surface area contributed by atoms with Gasteiger partial charge in [-0.3, -0.25) is 19.7 Å². The number of amides is 1. The number of halogens is 2. The van der Waals surface area contributed by atoms with E-state index in [4.69, 9.17) is 4.74 Å². The lowest BCUT2D eigenvalue weighted by atomic mass is 10.0. The molecule has 162 valence electrons. The zero-order valence-corrected chi connectivity index (χ0v) is 20.1. The summed E-state index contributed by atoms with van der Waals surface area (Å²) in [5, 5.41) is 15.8. The Balaban J connectivity index is 3.28. The monoisotopic (exact) mass is 536 g/mol. The van der Waals surface area contributed by atoms with Gasteiger partial charge in [-0.2, -0.15) is 0 Å². The highest BCUT2D eigenvalue weighted by molar-refractivity contribution is 9.11. The smallest absolute Gasteiger partial charge is 0.322 e. The molecule has 1 rings (SSSR count). The van der Waals surface area contributed by atoms with Crippen molar-refractivity contribution in [3.05, 3.63) is 26.6 Å². The fourth-order valence-corrected chi connectivity index (χ4v) is 3.72. The Hall–Kier alpha value is -1.65. The van der Waals surface area contributed by atoms with E-state index in [1.807, 2.05) is 20.8 Å². The van der Waals surface area contributed by atoms with Crippen LogP contribution >= 0.6 is 31.9 Å².